The monoisotopic (exact) mass is 424 g/mol. The first kappa shape index (κ1) is 19.3. The molecule has 146 valence electrons. The molecule has 0 saturated carbocycles. The maximum absolute atomic E-state index is 12.3. The summed E-state index contributed by atoms with van der Waals surface area (Å²) in [4.78, 5) is 21.1. The second-order valence-corrected chi connectivity index (χ2v) is 7.90. The fourth-order valence-electron chi connectivity index (χ4n) is 2.77. The summed E-state index contributed by atoms with van der Waals surface area (Å²) in [5, 5.41) is 10.5. The summed E-state index contributed by atoms with van der Waals surface area (Å²) in [6, 6.07) is 14.8. The minimum absolute atomic E-state index is 0.122. The predicted octanol–water partition coefficient (Wildman–Crippen LogP) is 5.39. The standard InChI is InChI=1S/C21H17ClN4O2S/c1-13-23-18(12-29-13)15-3-2-4-17(11-15)24-19(27)9-10-20-25-21(26-28-20)14-5-7-16(22)8-6-14/h2-8,11-12H,9-10H2,1H3,(H,24,27). The van der Waals surface area contributed by atoms with Crippen LogP contribution in [0.15, 0.2) is 58.4 Å². The number of amides is 1. The van der Waals surface area contributed by atoms with Crippen LogP contribution in [0.5, 0.6) is 0 Å². The van der Waals surface area contributed by atoms with E-state index in [1.807, 2.05) is 48.7 Å². The van der Waals surface area contributed by atoms with E-state index in [-0.39, 0.29) is 12.3 Å². The van der Waals surface area contributed by atoms with Crippen molar-refractivity contribution in [3.8, 4) is 22.6 Å². The van der Waals surface area contributed by atoms with Crippen LogP contribution >= 0.6 is 22.9 Å². The maximum atomic E-state index is 12.3. The van der Waals surface area contributed by atoms with E-state index >= 15 is 0 Å². The average Bonchev–Trinajstić information content (AvgIpc) is 3.36. The van der Waals surface area contributed by atoms with Crippen LogP contribution in [0.1, 0.15) is 17.3 Å². The van der Waals surface area contributed by atoms with E-state index in [4.69, 9.17) is 16.1 Å². The number of nitrogens with one attached hydrogen (secondary N) is 1. The number of anilines is 1. The summed E-state index contributed by atoms with van der Waals surface area (Å²) in [6.45, 7) is 1.97. The van der Waals surface area contributed by atoms with Gasteiger partial charge in [-0.2, -0.15) is 4.98 Å². The van der Waals surface area contributed by atoms with Crippen molar-refractivity contribution in [2.75, 3.05) is 5.32 Å². The van der Waals surface area contributed by atoms with Gasteiger partial charge in [-0.3, -0.25) is 4.79 Å². The summed E-state index contributed by atoms with van der Waals surface area (Å²) < 4.78 is 5.25. The molecule has 1 N–H and O–H groups in total. The molecular weight excluding hydrogens is 408 g/mol. The Morgan fingerprint density at radius 2 is 1.97 bits per heavy atom. The Bertz CT molecular complexity index is 1140. The lowest BCUT2D eigenvalue weighted by molar-refractivity contribution is -0.116. The Morgan fingerprint density at radius 1 is 1.14 bits per heavy atom. The number of benzene rings is 2. The molecule has 29 heavy (non-hydrogen) atoms. The van der Waals surface area contributed by atoms with Gasteiger partial charge in [0.2, 0.25) is 17.6 Å². The van der Waals surface area contributed by atoms with Crippen LogP contribution in [0.2, 0.25) is 5.02 Å². The van der Waals surface area contributed by atoms with Crippen LogP contribution in [0, 0.1) is 6.92 Å². The summed E-state index contributed by atoms with van der Waals surface area (Å²) in [5.41, 5.74) is 3.41. The molecule has 0 aliphatic rings. The number of hydrogen-bond acceptors (Lipinski definition) is 6. The summed E-state index contributed by atoms with van der Waals surface area (Å²) in [6.07, 6.45) is 0.597. The number of halogens is 1. The smallest absolute Gasteiger partial charge is 0.227 e. The van der Waals surface area contributed by atoms with Crippen molar-refractivity contribution < 1.29 is 9.32 Å². The highest BCUT2D eigenvalue weighted by Crippen LogP contribution is 2.24. The van der Waals surface area contributed by atoms with E-state index in [9.17, 15) is 4.79 Å². The number of carbonyl (C=O) groups is 1. The van der Waals surface area contributed by atoms with Crippen molar-refractivity contribution in [3.05, 3.63) is 69.8 Å². The Hall–Kier alpha value is -3.03. The number of aromatic nitrogens is 3. The molecule has 4 aromatic rings. The molecule has 0 radical (unpaired) electrons. The van der Waals surface area contributed by atoms with Crippen LogP contribution in [-0.4, -0.2) is 21.0 Å². The molecule has 0 saturated heterocycles. The predicted molar refractivity (Wildman–Crippen MR) is 114 cm³/mol. The van der Waals surface area contributed by atoms with E-state index in [0.717, 1.165) is 27.5 Å². The molecule has 2 heterocycles. The number of aryl methyl sites for hydroxylation is 2. The van der Waals surface area contributed by atoms with Gasteiger partial charge in [0.15, 0.2) is 0 Å². The van der Waals surface area contributed by atoms with Gasteiger partial charge in [0, 0.05) is 40.1 Å². The second-order valence-electron chi connectivity index (χ2n) is 6.40. The topological polar surface area (TPSA) is 80.9 Å². The highest BCUT2D eigenvalue weighted by molar-refractivity contribution is 7.09. The van der Waals surface area contributed by atoms with Crippen molar-refractivity contribution in [2.45, 2.75) is 19.8 Å². The Morgan fingerprint density at radius 3 is 2.72 bits per heavy atom. The van der Waals surface area contributed by atoms with Crippen LogP contribution in [-0.2, 0) is 11.2 Å². The van der Waals surface area contributed by atoms with E-state index in [1.165, 1.54) is 0 Å². The van der Waals surface area contributed by atoms with Crippen LogP contribution in [0.3, 0.4) is 0 Å². The third-order valence-electron chi connectivity index (χ3n) is 4.20. The fourth-order valence-corrected chi connectivity index (χ4v) is 3.52. The van der Waals surface area contributed by atoms with Crippen LogP contribution < -0.4 is 5.32 Å². The number of hydrogen-bond donors (Lipinski definition) is 1. The molecule has 0 aliphatic heterocycles. The van der Waals surface area contributed by atoms with Crippen molar-refractivity contribution in [2.24, 2.45) is 0 Å². The molecule has 0 spiro atoms. The number of rotatable bonds is 6. The van der Waals surface area contributed by atoms with E-state index in [2.05, 4.69) is 20.4 Å². The Labute approximate surface area is 176 Å². The van der Waals surface area contributed by atoms with Gasteiger partial charge in [-0.05, 0) is 43.3 Å². The molecule has 0 bridgehead atoms. The van der Waals surface area contributed by atoms with Crippen molar-refractivity contribution in [1.29, 1.82) is 0 Å². The van der Waals surface area contributed by atoms with Crippen molar-refractivity contribution in [3.63, 3.8) is 0 Å². The zero-order valence-corrected chi connectivity index (χ0v) is 17.1. The summed E-state index contributed by atoms with van der Waals surface area (Å²) >= 11 is 7.49. The minimum atomic E-state index is -0.122. The largest absolute Gasteiger partial charge is 0.339 e. The molecule has 4 rings (SSSR count). The Kier molecular flexibility index (Phi) is 5.69. The molecule has 6 nitrogen and oxygen atoms in total. The Balaban J connectivity index is 1.35. The first-order chi connectivity index (χ1) is 14.1. The zero-order valence-electron chi connectivity index (χ0n) is 15.6. The average molecular weight is 425 g/mol. The van der Waals surface area contributed by atoms with E-state index < -0.39 is 0 Å². The molecule has 1 amide bonds. The molecule has 0 fully saturated rings. The SMILES string of the molecule is Cc1nc(-c2cccc(NC(=O)CCc3nc(-c4ccc(Cl)cc4)no3)c2)cs1. The molecule has 0 atom stereocenters. The molecule has 0 unspecified atom stereocenters. The normalized spacial score (nSPS) is 10.8. The van der Waals surface area contributed by atoms with Gasteiger partial charge < -0.3 is 9.84 Å². The number of nitrogens with zero attached hydrogens (tertiary/aromatic N) is 3. The first-order valence-electron chi connectivity index (χ1n) is 8.98. The van der Waals surface area contributed by atoms with Gasteiger partial charge in [0.25, 0.3) is 0 Å². The van der Waals surface area contributed by atoms with Crippen molar-refractivity contribution >= 4 is 34.5 Å². The third-order valence-corrected chi connectivity index (χ3v) is 5.22. The molecule has 8 heteroatoms. The quantitative estimate of drug-likeness (QED) is 0.448. The highest BCUT2D eigenvalue weighted by atomic mass is 35.5. The fraction of sp³-hybridized carbons (Fsp3) is 0.143. The van der Waals surface area contributed by atoms with Gasteiger partial charge >= 0.3 is 0 Å². The van der Waals surface area contributed by atoms with E-state index in [1.54, 1.807) is 23.5 Å². The maximum Gasteiger partial charge on any atom is 0.227 e. The summed E-state index contributed by atoms with van der Waals surface area (Å²) in [5.74, 6) is 0.767. The van der Waals surface area contributed by atoms with Gasteiger partial charge in [-0.1, -0.05) is 28.9 Å². The third kappa shape index (κ3) is 4.88. The first-order valence-corrected chi connectivity index (χ1v) is 10.2. The highest BCUT2D eigenvalue weighted by Gasteiger charge is 2.11. The molecule has 0 aliphatic carbocycles. The van der Waals surface area contributed by atoms with Crippen LogP contribution in [0.25, 0.3) is 22.6 Å². The van der Waals surface area contributed by atoms with E-state index in [0.29, 0.717) is 23.2 Å². The zero-order chi connectivity index (χ0) is 20.2. The summed E-state index contributed by atoms with van der Waals surface area (Å²) in [7, 11) is 0. The van der Waals surface area contributed by atoms with Gasteiger partial charge in [0.05, 0.1) is 10.7 Å². The number of carbonyl (C=O) groups excluding carboxylic acids is 1. The number of thiazole rings is 1. The lowest BCUT2D eigenvalue weighted by Crippen LogP contribution is -2.12. The van der Waals surface area contributed by atoms with Gasteiger partial charge in [-0.25, -0.2) is 4.98 Å². The molecule has 2 aromatic heterocycles. The van der Waals surface area contributed by atoms with Gasteiger partial charge in [-0.15, -0.1) is 11.3 Å². The lowest BCUT2D eigenvalue weighted by Gasteiger charge is -2.06. The second kappa shape index (κ2) is 8.55. The van der Waals surface area contributed by atoms with Crippen LogP contribution in [0.4, 0.5) is 5.69 Å². The lowest BCUT2D eigenvalue weighted by atomic mass is 10.1. The molecule has 2 aromatic carbocycles. The van der Waals surface area contributed by atoms with Crippen molar-refractivity contribution in [1.82, 2.24) is 15.1 Å². The minimum Gasteiger partial charge on any atom is -0.339 e. The molecular formula is C21H17ClN4O2S. The van der Waals surface area contributed by atoms with Gasteiger partial charge in [0.1, 0.15) is 0 Å².